The Morgan fingerprint density at radius 3 is 2.80 bits per heavy atom. The Hall–Kier alpha value is -1.30. The van der Waals surface area contributed by atoms with Crippen LogP contribution in [0.4, 0.5) is 0 Å². The van der Waals surface area contributed by atoms with E-state index in [-0.39, 0.29) is 12.0 Å². The zero-order chi connectivity index (χ0) is 11.3. The minimum Gasteiger partial charge on any atom is -0.481 e. The lowest BCUT2D eigenvalue weighted by Crippen LogP contribution is -2.52. The van der Waals surface area contributed by atoms with Gasteiger partial charge in [0.1, 0.15) is 0 Å². The third-order valence-corrected chi connectivity index (χ3v) is 2.50. The van der Waals surface area contributed by atoms with Gasteiger partial charge in [0.2, 0.25) is 0 Å². The molecule has 1 rings (SSSR count). The molecule has 0 radical (unpaired) electrons. The van der Waals surface area contributed by atoms with Crippen LogP contribution in [0.3, 0.4) is 0 Å². The molecule has 1 fully saturated rings. The van der Waals surface area contributed by atoms with Gasteiger partial charge in [0.05, 0.1) is 5.92 Å². The minimum atomic E-state index is -0.742. The molecule has 0 aliphatic carbocycles. The van der Waals surface area contributed by atoms with Crippen molar-refractivity contribution in [2.75, 3.05) is 27.2 Å². The predicted octanol–water partition coefficient (Wildman–Crippen LogP) is -1.16. The molecule has 1 saturated heterocycles. The van der Waals surface area contributed by atoms with E-state index >= 15 is 0 Å². The van der Waals surface area contributed by atoms with Crippen LogP contribution >= 0.6 is 0 Å². The van der Waals surface area contributed by atoms with E-state index in [0.717, 1.165) is 6.54 Å². The minimum absolute atomic E-state index is 0.117. The number of carboxylic acids is 1. The molecule has 1 heterocycles. The van der Waals surface area contributed by atoms with Gasteiger partial charge in [0.25, 0.3) is 0 Å². The van der Waals surface area contributed by atoms with Crippen molar-refractivity contribution in [2.24, 2.45) is 10.9 Å². The van der Waals surface area contributed by atoms with E-state index in [1.165, 1.54) is 0 Å². The van der Waals surface area contributed by atoms with E-state index in [1.807, 2.05) is 0 Å². The van der Waals surface area contributed by atoms with E-state index in [1.54, 1.807) is 14.1 Å². The third-order valence-electron chi connectivity index (χ3n) is 2.50. The zero-order valence-corrected chi connectivity index (χ0v) is 9.08. The number of piperidine rings is 1. The fraction of sp³-hybridized carbons (Fsp3) is 0.778. The summed E-state index contributed by atoms with van der Waals surface area (Å²) in [5.74, 6) is -0.368. The van der Waals surface area contributed by atoms with Crippen LogP contribution in [0.15, 0.2) is 4.99 Å². The van der Waals surface area contributed by atoms with Crippen LogP contribution in [0.2, 0.25) is 0 Å². The zero-order valence-electron chi connectivity index (χ0n) is 9.08. The van der Waals surface area contributed by atoms with Gasteiger partial charge in [-0.3, -0.25) is 9.79 Å². The van der Waals surface area contributed by atoms with Crippen LogP contribution in [-0.4, -0.2) is 50.3 Å². The molecule has 2 atom stereocenters. The lowest BCUT2D eigenvalue weighted by molar-refractivity contribution is -0.142. The second-order valence-electron chi connectivity index (χ2n) is 3.59. The molecule has 0 bridgehead atoms. The van der Waals surface area contributed by atoms with Crippen LogP contribution < -0.4 is 16.0 Å². The number of nitrogens with zero attached hydrogens (tertiary/aromatic N) is 1. The summed E-state index contributed by atoms with van der Waals surface area (Å²) in [4.78, 5) is 14.8. The first-order valence-electron chi connectivity index (χ1n) is 5.02. The molecule has 86 valence electrons. The summed E-state index contributed by atoms with van der Waals surface area (Å²) in [6.45, 7) is 1.32. The lowest BCUT2D eigenvalue weighted by Gasteiger charge is -2.29. The molecule has 6 nitrogen and oxygen atoms in total. The molecular weight excluding hydrogens is 196 g/mol. The quantitative estimate of drug-likeness (QED) is 0.344. The number of nitrogens with one attached hydrogen (secondary N) is 3. The maximum atomic E-state index is 10.8. The number of rotatable bonds is 2. The van der Waals surface area contributed by atoms with E-state index in [4.69, 9.17) is 5.11 Å². The molecule has 0 aromatic carbocycles. The highest BCUT2D eigenvalue weighted by atomic mass is 16.4. The van der Waals surface area contributed by atoms with Crippen LogP contribution in [0.1, 0.15) is 6.42 Å². The van der Waals surface area contributed by atoms with Crippen molar-refractivity contribution in [3.05, 3.63) is 0 Å². The summed E-state index contributed by atoms with van der Waals surface area (Å²) in [7, 11) is 3.46. The SMILES string of the molecule is C/N=C(\NC)N[C@@H]1CNC[C@H](C(=O)O)C1. The Morgan fingerprint density at radius 2 is 2.27 bits per heavy atom. The van der Waals surface area contributed by atoms with Crippen LogP contribution in [0, 0.1) is 5.92 Å². The van der Waals surface area contributed by atoms with E-state index in [2.05, 4.69) is 20.9 Å². The summed E-state index contributed by atoms with van der Waals surface area (Å²) in [5, 5.41) is 18.0. The standard InChI is InChI=1S/C9H18N4O2/c1-10-9(11-2)13-7-3-6(8(14)15)4-12-5-7/h6-7,12H,3-5H2,1-2H3,(H,14,15)(H2,10,11,13)/t6-,7+/m1/s1. The van der Waals surface area contributed by atoms with Gasteiger partial charge >= 0.3 is 5.97 Å². The molecule has 6 heteroatoms. The Balaban J connectivity index is 2.46. The van der Waals surface area contributed by atoms with Gasteiger partial charge in [-0.2, -0.15) is 0 Å². The number of carboxylic acid groups (broad SMARTS) is 1. The number of aliphatic imine (C=N–C) groups is 1. The van der Waals surface area contributed by atoms with Gasteiger partial charge in [-0.05, 0) is 6.42 Å². The first-order valence-corrected chi connectivity index (χ1v) is 5.02. The normalized spacial score (nSPS) is 27.2. The molecule has 4 N–H and O–H groups in total. The third kappa shape index (κ3) is 3.39. The van der Waals surface area contributed by atoms with Crippen molar-refractivity contribution < 1.29 is 9.90 Å². The second kappa shape index (κ2) is 5.55. The molecule has 0 amide bonds. The van der Waals surface area contributed by atoms with E-state index < -0.39 is 5.97 Å². The molecule has 1 aliphatic heterocycles. The highest BCUT2D eigenvalue weighted by Gasteiger charge is 2.26. The summed E-state index contributed by atoms with van der Waals surface area (Å²) in [5.41, 5.74) is 0. The Bertz CT molecular complexity index is 254. The van der Waals surface area contributed by atoms with Crippen LogP contribution in [-0.2, 0) is 4.79 Å². The van der Waals surface area contributed by atoms with Crippen molar-refractivity contribution in [3.8, 4) is 0 Å². The van der Waals surface area contributed by atoms with Crippen LogP contribution in [0.5, 0.6) is 0 Å². The summed E-state index contributed by atoms with van der Waals surface area (Å²) in [6.07, 6.45) is 0.628. The number of aliphatic carboxylic acids is 1. The topological polar surface area (TPSA) is 85.8 Å². The largest absolute Gasteiger partial charge is 0.481 e. The van der Waals surface area contributed by atoms with Crippen molar-refractivity contribution in [1.29, 1.82) is 0 Å². The first-order chi connectivity index (χ1) is 7.17. The maximum absolute atomic E-state index is 10.8. The van der Waals surface area contributed by atoms with Gasteiger partial charge in [-0.15, -0.1) is 0 Å². The molecule has 0 aromatic rings. The van der Waals surface area contributed by atoms with Crippen LogP contribution in [0.25, 0.3) is 0 Å². The van der Waals surface area contributed by atoms with Gasteiger partial charge in [-0.25, -0.2) is 0 Å². The number of guanidine groups is 1. The number of hydrogen-bond acceptors (Lipinski definition) is 3. The Labute approximate surface area is 89.2 Å². The smallest absolute Gasteiger partial charge is 0.307 e. The molecular formula is C9H18N4O2. The molecule has 0 saturated carbocycles. The Morgan fingerprint density at radius 1 is 1.53 bits per heavy atom. The highest BCUT2D eigenvalue weighted by Crippen LogP contribution is 2.10. The average Bonchev–Trinajstić information content (AvgIpc) is 2.26. The van der Waals surface area contributed by atoms with Crippen molar-refractivity contribution >= 4 is 11.9 Å². The molecule has 15 heavy (non-hydrogen) atoms. The van der Waals surface area contributed by atoms with E-state index in [0.29, 0.717) is 18.9 Å². The molecule has 0 aromatic heterocycles. The fourth-order valence-electron chi connectivity index (χ4n) is 1.68. The van der Waals surface area contributed by atoms with Gasteiger partial charge < -0.3 is 21.1 Å². The number of carbonyl (C=O) groups is 1. The summed E-state index contributed by atoms with van der Waals surface area (Å²) in [6, 6.07) is 0.117. The van der Waals surface area contributed by atoms with Crippen molar-refractivity contribution in [3.63, 3.8) is 0 Å². The maximum Gasteiger partial charge on any atom is 0.307 e. The molecule has 0 spiro atoms. The lowest BCUT2D eigenvalue weighted by atomic mass is 9.96. The molecule has 1 aliphatic rings. The summed E-state index contributed by atoms with van der Waals surface area (Å²) < 4.78 is 0. The van der Waals surface area contributed by atoms with Gasteiger partial charge in [0, 0.05) is 33.2 Å². The van der Waals surface area contributed by atoms with E-state index in [9.17, 15) is 4.79 Å². The summed E-state index contributed by atoms with van der Waals surface area (Å²) >= 11 is 0. The second-order valence-corrected chi connectivity index (χ2v) is 3.59. The van der Waals surface area contributed by atoms with Gasteiger partial charge in [0.15, 0.2) is 5.96 Å². The monoisotopic (exact) mass is 214 g/mol. The predicted molar refractivity (Wildman–Crippen MR) is 58.0 cm³/mol. The molecule has 0 unspecified atom stereocenters. The van der Waals surface area contributed by atoms with Crippen molar-refractivity contribution in [1.82, 2.24) is 16.0 Å². The van der Waals surface area contributed by atoms with Crippen molar-refractivity contribution in [2.45, 2.75) is 12.5 Å². The number of hydrogen-bond donors (Lipinski definition) is 4. The fourth-order valence-corrected chi connectivity index (χ4v) is 1.68. The average molecular weight is 214 g/mol. The highest BCUT2D eigenvalue weighted by molar-refractivity contribution is 5.79. The first kappa shape index (κ1) is 11.8. The van der Waals surface area contributed by atoms with Gasteiger partial charge in [-0.1, -0.05) is 0 Å². The Kier molecular flexibility index (Phi) is 4.36.